The zero-order valence-electron chi connectivity index (χ0n) is 9.97. The molecular weight excluding hydrogens is 208 g/mol. The molecule has 0 saturated heterocycles. The fraction of sp³-hybridized carbons (Fsp3) is 0.250. The molecule has 1 heterocycles. The van der Waals surface area contributed by atoms with E-state index in [0.29, 0.717) is 0 Å². The Hall–Kier alpha value is -1.60. The highest BCUT2D eigenvalue weighted by molar-refractivity contribution is 5.35. The first-order valence-electron chi connectivity index (χ1n) is 6.13. The summed E-state index contributed by atoms with van der Waals surface area (Å²) < 4.78 is 6.04. The maximum absolute atomic E-state index is 6.04. The maximum Gasteiger partial charge on any atom is 0.0877 e. The Morgan fingerprint density at radius 2 is 1.53 bits per heavy atom. The lowest BCUT2D eigenvalue weighted by atomic mass is 9.98. The van der Waals surface area contributed by atoms with Crippen molar-refractivity contribution in [2.24, 2.45) is 0 Å². The Morgan fingerprint density at radius 1 is 0.882 bits per heavy atom. The average Bonchev–Trinajstić information content (AvgIpc) is 2.69. The van der Waals surface area contributed by atoms with Gasteiger partial charge in [0.05, 0.1) is 12.2 Å². The first-order chi connectivity index (χ1) is 8.34. The van der Waals surface area contributed by atoms with Crippen LogP contribution in [-0.4, -0.2) is 0 Å². The Balaban J connectivity index is 1.87. The first kappa shape index (κ1) is 10.5. The predicted octanol–water partition coefficient (Wildman–Crippen LogP) is 4.06. The number of rotatable bonds is 2. The average molecular weight is 224 g/mol. The minimum Gasteiger partial charge on any atom is -0.366 e. The maximum atomic E-state index is 6.04. The van der Waals surface area contributed by atoms with Crippen molar-refractivity contribution in [2.75, 3.05) is 0 Å². The largest absolute Gasteiger partial charge is 0.366 e. The van der Waals surface area contributed by atoms with Gasteiger partial charge in [-0.1, -0.05) is 54.6 Å². The quantitative estimate of drug-likeness (QED) is 0.747. The van der Waals surface area contributed by atoms with Gasteiger partial charge in [0, 0.05) is 6.42 Å². The topological polar surface area (TPSA) is 9.23 Å². The van der Waals surface area contributed by atoms with Crippen molar-refractivity contribution < 1.29 is 4.74 Å². The van der Waals surface area contributed by atoms with E-state index in [-0.39, 0.29) is 12.2 Å². The number of benzene rings is 2. The van der Waals surface area contributed by atoms with Crippen molar-refractivity contribution >= 4 is 0 Å². The van der Waals surface area contributed by atoms with Gasteiger partial charge in [0.1, 0.15) is 0 Å². The Morgan fingerprint density at radius 3 is 2.29 bits per heavy atom. The van der Waals surface area contributed by atoms with Gasteiger partial charge in [-0.05, 0) is 23.6 Å². The molecule has 0 N–H and O–H groups in total. The molecule has 0 bridgehead atoms. The van der Waals surface area contributed by atoms with Gasteiger partial charge in [-0.2, -0.15) is 0 Å². The van der Waals surface area contributed by atoms with Crippen molar-refractivity contribution in [1.29, 1.82) is 0 Å². The summed E-state index contributed by atoms with van der Waals surface area (Å²) in [5, 5.41) is 0. The molecule has 1 nitrogen and oxygen atoms in total. The molecule has 2 atom stereocenters. The van der Waals surface area contributed by atoms with Crippen LogP contribution in [-0.2, 0) is 11.2 Å². The summed E-state index contributed by atoms with van der Waals surface area (Å²) in [6, 6.07) is 19.1. The summed E-state index contributed by atoms with van der Waals surface area (Å²) >= 11 is 0. The third-order valence-electron chi connectivity index (χ3n) is 3.41. The summed E-state index contributed by atoms with van der Waals surface area (Å²) in [6.07, 6.45) is 1.39. The van der Waals surface area contributed by atoms with E-state index in [1.807, 2.05) is 0 Å². The zero-order chi connectivity index (χ0) is 11.7. The lowest BCUT2D eigenvalue weighted by molar-refractivity contribution is 0.0223. The van der Waals surface area contributed by atoms with Gasteiger partial charge in [-0.15, -0.1) is 0 Å². The summed E-state index contributed by atoms with van der Waals surface area (Å²) in [7, 11) is 0. The molecule has 1 heteroatoms. The van der Waals surface area contributed by atoms with Gasteiger partial charge in [0.15, 0.2) is 0 Å². The first-order valence-corrected chi connectivity index (χ1v) is 6.13. The van der Waals surface area contributed by atoms with E-state index in [1.54, 1.807) is 0 Å². The summed E-state index contributed by atoms with van der Waals surface area (Å²) in [4.78, 5) is 0. The molecule has 0 amide bonds. The van der Waals surface area contributed by atoms with E-state index < -0.39 is 0 Å². The minimum atomic E-state index is 0.212. The molecule has 0 aromatic heterocycles. The molecule has 3 rings (SSSR count). The molecule has 17 heavy (non-hydrogen) atoms. The van der Waals surface area contributed by atoms with E-state index in [0.717, 1.165) is 6.42 Å². The summed E-state index contributed by atoms with van der Waals surface area (Å²) in [5.41, 5.74) is 4.03. The monoisotopic (exact) mass is 224 g/mol. The van der Waals surface area contributed by atoms with Gasteiger partial charge in [-0.25, -0.2) is 0 Å². The standard InChI is InChI=1S/C16H16O/c1-12-14-9-5-6-10-15(14)16(17-12)11-13-7-3-2-4-8-13/h2-10,12,16H,11H2,1H3/t12-,16-/m0/s1. The molecule has 2 aromatic carbocycles. The van der Waals surface area contributed by atoms with Gasteiger partial charge < -0.3 is 4.74 Å². The zero-order valence-corrected chi connectivity index (χ0v) is 9.97. The van der Waals surface area contributed by atoms with E-state index in [1.165, 1.54) is 16.7 Å². The van der Waals surface area contributed by atoms with E-state index in [4.69, 9.17) is 4.74 Å². The van der Waals surface area contributed by atoms with Crippen molar-refractivity contribution in [3.05, 3.63) is 71.3 Å². The van der Waals surface area contributed by atoms with Crippen LogP contribution in [0, 0.1) is 0 Å². The van der Waals surface area contributed by atoms with Crippen LogP contribution >= 0.6 is 0 Å². The molecule has 86 valence electrons. The molecule has 0 aliphatic carbocycles. The highest BCUT2D eigenvalue weighted by atomic mass is 16.5. The molecule has 0 saturated carbocycles. The minimum absolute atomic E-state index is 0.212. The Bertz CT molecular complexity index is 504. The van der Waals surface area contributed by atoms with Gasteiger partial charge in [0.2, 0.25) is 0 Å². The van der Waals surface area contributed by atoms with Crippen LogP contribution in [0.1, 0.15) is 35.8 Å². The molecule has 1 aliphatic heterocycles. The van der Waals surface area contributed by atoms with E-state index in [9.17, 15) is 0 Å². The van der Waals surface area contributed by atoms with E-state index in [2.05, 4.69) is 61.5 Å². The van der Waals surface area contributed by atoms with Crippen LogP contribution in [0.3, 0.4) is 0 Å². The molecule has 0 radical (unpaired) electrons. The smallest absolute Gasteiger partial charge is 0.0877 e. The lowest BCUT2D eigenvalue weighted by Gasteiger charge is -2.12. The van der Waals surface area contributed by atoms with Gasteiger partial charge in [0.25, 0.3) is 0 Å². The normalized spacial score (nSPS) is 22.4. The highest BCUT2D eigenvalue weighted by Gasteiger charge is 2.28. The fourth-order valence-corrected chi connectivity index (χ4v) is 2.55. The second kappa shape index (κ2) is 4.34. The second-order valence-electron chi connectivity index (χ2n) is 4.59. The summed E-state index contributed by atoms with van der Waals surface area (Å²) in [6.45, 7) is 2.13. The highest BCUT2D eigenvalue weighted by Crippen LogP contribution is 2.40. The van der Waals surface area contributed by atoms with Crippen LogP contribution in [0.4, 0.5) is 0 Å². The van der Waals surface area contributed by atoms with E-state index >= 15 is 0 Å². The van der Waals surface area contributed by atoms with Gasteiger partial charge >= 0.3 is 0 Å². The van der Waals surface area contributed by atoms with Crippen molar-refractivity contribution in [3.63, 3.8) is 0 Å². The molecular formula is C16H16O. The molecule has 0 fully saturated rings. The Labute approximate surface area is 102 Å². The third kappa shape index (κ3) is 1.98. The number of hydrogen-bond donors (Lipinski definition) is 0. The lowest BCUT2D eigenvalue weighted by Crippen LogP contribution is -2.01. The van der Waals surface area contributed by atoms with Crippen LogP contribution < -0.4 is 0 Å². The van der Waals surface area contributed by atoms with Gasteiger partial charge in [-0.3, -0.25) is 0 Å². The van der Waals surface area contributed by atoms with Crippen LogP contribution in [0.2, 0.25) is 0 Å². The molecule has 0 unspecified atom stereocenters. The summed E-state index contributed by atoms with van der Waals surface area (Å²) in [5.74, 6) is 0. The third-order valence-corrected chi connectivity index (χ3v) is 3.41. The van der Waals surface area contributed by atoms with Crippen molar-refractivity contribution in [1.82, 2.24) is 0 Å². The van der Waals surface area contributed by atoms with Crippen molar-refractivity contribution in [2.45, 2.75) is 25.6 Å². The Kier molecular flexibility index (Phi) is 2.69. The number of ether oxygens (including phenoxy) is 1. The van der Waals surface area contributed by atoms with Crippen LogP contribution in [0.5, 0.6) is 0 Å². The second-order valence-corrected chi connectivity index (χ2v) is 4.59. The van der Waals surface area contributed by atoms with Crippen molar-refractivity contribution in [3.8, 4) is 0 Å². The fourth-order valence-electron chi connectivity index (χ4n) is 2.55. The van der Waals surface area contributed by atoms with Crippen LogP contribution in [0.25, 0.3) is 0 Å². The number of hydrogen-bond acceptors (Lipinski definition) is 1. The number of fused-ring (bicyclic) bond motifs is 1. The molecule has 0 spiro atoms. The SMILES string of the molecule is C[C@@H]1O[C@@H](Cc2ccccc2)c2ccccc21. The van der Waals surface area contributed by atoms with Crippen LogP contribution in [0.15, 0.2) is 54.6 Å². The predicted molar refractivity (Wildman–Crippen MR) is 68.8 cm³/mol. The molecule has 1 aliphatic rings. The molecule has 2 aromatic rings.